The second kappa shape index (κ2) is 6.52. The first kappa shape index (κ1) is 16.5. The van der Waals surface area contributed by atoms with Crippen LogP contribution in [0.4, 0.5) is 0 Å². The zero-order chi connectivity index (χ0) is 14.2. The van der Waals surface area contributed by atoms with E-state index in [1.54, 1.807) is 0 Å². The molecule has 4 nitrogen and oxygen atoms in total. The van der Waals surface area contributed by atoms with Gasteiger partial charge in [-0.15, -0.1) is 24.0 Å². The van der Waals surface area contributed by atoms with Gasteiger partial charge in [0, 0.05) is 25.7 Å². The van der Waals surface area contributed by atoms with Gasteiger partial charge in [-0.05, 0) is 38.1 Å². The van der Waals surface area contributed by atoms with Crippen LogP contribution < -0.4 is 5.32 Å². The molecule has 3 rings (SSSR count). The second-order valence-electron chi connectivity index (χ2n) is 6.22. The van der Waals surface area contributed by atoms with E-state index < -0.39 is 0 Å². The monoisotopic (exact) mass is 400 g/mol. The van der Waals surface area contributed by atoms with Gasteiger partial charge >= 0.3 is 0 Å². The number of halogens is 1. The number of hydrogen-bond donors (Lipinski definition) is 1. The maximum absolute atomic E-state index is 4.53. The van der Waals surface area contributed by atoms with Gasteiger partial charge in [-0.1, -0.05) is 24.3 Å². The van der Waals surface area contributed by atoms with Crippen LogP contribution in [-0.2, 0) is 12.8 Å². The zero-order valence-electron chi connectivity index (χ0n) is 13.1. The molecule has 0 spiro atoms. The first-order chi connectivity index (χ1) is 9.61. The molecule has 0 fully saturated rings. The standard InChI is InChI=1S/C16H24N4.HI/c1-19(2)16(12-18-15-17-8-9-20(15)3)10-13-6-4-5-7-14(13)11-16;/h4-7H,8-12H2,1-3H3,(H,17,18);1H. The number of likely N-dealkylation sites (N-methyl/N-ethyl adjacent to an activating group) is 2. The molecule has 1 aromatic rings. The summed E-state index contributed by atoms with van der Waals surface area (Å²) in [5.74, 6) is 1.04. The topological polar surface area (TPSA) is 30.9 Å². The molecular formula is C16H25IN4. The van der Waals surface area contributed by atoms with Gasteiger partial charge in [-0.3, -0.25) is 4.99 Å². The maximum atomic E-state index is 4.53. The number of nitrogens with one attached hydrogen (secondary N) is 1. The van der Waals surface area contributed by atoms with E-state index >= 15 is 0 Å². The summed E-state index contributed by atoms with van der Waals surface area (Å²) in [5, 5.41) is 3.56. The van der Waals surface area contributed by atoms with Crippen molar-refractivity contribution in [3.8, 4) is 0 Å². The Morgan fingerprint density at radius 3 is 2.33 bits per heavy atom. The fourth-order valence-corrected chi connectivity index (χ4v) is 3.24. The van der Waals surface area contributed by atoms with E-state index in [9.17, 15) is 0 Å². The van der Waals surface area contributed by atoms with Crippen LogP contribution in [0.5, 0.6) is 0 Å². The molecule has 21 heavy (non-hydrogen) atoms. The van der Waals surface area contributed by atoms with Crippen LogP contribution in [-0.4, -0.2) is 62.1 Å². The van der Waals surface area contributed by atoms with Gasteiger partial charge < -0.3 is 15.1 Å². The lowest BCUT2D eigenvalue weighted by atomic mass is 9.94. The predicted molar refractivity (Wildman–Crippen MR) is 98.6 cm³/mol. The minimum atomic E-state index is 0. The summed E-state index contributed by atoms with van der Waals surface area (Å²) in [6.07, 6.45) is 2.22. The molecule has 0 radical (unpaired) electrons. The average molecular weight is 400 g/mol. The normalized spacial score (nSPS) is 19.2. The maximum Gasteiger partial charge on any atom is 0.193 e. The van der Waals surface area contributed by atoms with Gasteiger partial charge in [-0.25, -0.2) is 0 Å². The van der Waals surface area contributed by atoms with Gasteiger partial charge in [0.25, 0.3) is 0 Å². The van der Waals surface area contributed by atoms with Crippen molar-refractivity contribution in [1.82, 2.24) is 15.1 Å². The summed E-state index contributed by atoms with van der Waals surface area (Å²) >= 11 is 0. The Bertz CT molecular complexity index is 502. The molecule has 0 bridgehead atoms. The number of nitrogens with zero attached hydrogens (tertiary/aromatic N) is 3. The fourth-order valence-electron chi connectivity index (χ4n) is 3.24. The minimum Gasteiger partial charge on any atom is -0.354 e. The van der Waals surface area contributed by atoms with Crippen LogP contribution >= 0.6 is 24.0 Å². The van der Waals surface area contributed by atoms with Gasteiger partial charge in [0.05, 0.1) is 6.54 Å². The van der Waals surface area contributed by atoms with Crippen LogP contribution in [0.15, 0.2) is 29.3 Å². The van der Waals surface area contributed by atoms with Crippen molar-refractivity contribution in [3.05, 3.63) is 35.4 Å². The molecule has 1 aliphatic carbocycles. The molecule has 0 saturated carbocycles. The molecule has 1 N–H and O–H groups in total. The van der Waals surface area contributed by atoms with Crippen LogP contribution in [0.3, 0.4) is 0 Å². The van der Waals surface area contributed by atoms with Crippen LogP contribution in [0.25, 0.3) is 0 Å². The average Bonchev–Trinajstić information content (AvgIpc) is 3.00. The smallest absolute Gasteiger partial charge is 0.193 e. The van der Waals surface area contributed by atoms with E-state index in [4.69, 9.17) is 0 Å². The number of aliphatic imine (C=N–C) groups is 1. The molecule has 0 amide bonds. The SMILES string of the molecule is CN1CCN=C1NCC1(N(C)C)Cc2ccccc2C1.I. The van der Waals surface area contributed by atoms with E-state index in [1.165, 1.54) is 11.1 Å². The van der Waals surface area contributed by atoms with Crippen LogP contribution in [0.2, 0.25) is 0 Å². The highest BCUT2D eigenvalue weighted by Gasteiger charge is 2.39. The number of rotatable bonds is 3. The molecule has 2 aliphatic rings. The number of guanidine groups is 1. The van der Waals surface area contributed by atoms with Crippen molar-refractivity contribution >= 4 is 29.9 Å². The summed E-state index contributed by atoms with van der Waals surface area (Å²) in [5.41, 5.74) is 3.14. The predicted octanol–water partition coefficient (Wildman–Crippen LogP) is 1.59. The summed E-state index contributed by atoms with van der Waals surface area (Å²) < 4.78 is 0. The summed E-state index contributed by atoms with van der Waals surface area (Å²) in [6.45, 7) is 2.88. The van der Waals surface area contributed by atoms with Gasteiger partial charge in [0.1, 0.15) is 0 Å². The van der Waals surface area contributed by atoms with E-state index in [1.807, 2.05) is 0 Å². The van der Waals surface area contributed by atoms with Crippen molar-refractivity contribution < 1.29 is 0 Å². The Labute approximate surface area is 144 Å². The quantitative estimate of drug-likeness (QED) is 0.783. The van der Waals surface area contributed by atoms with Crippen LogP contribution in [0, 0.1) is 0 Å². The highest BCUT2D eigenvalue weighted by Crippen LogP contribution is 2.33. The Balaban J connectivity index is 0.00000161. The van der Waals surface area contributed by atoms with E-state index in [-0.39, 0.29) is 29.5 Å². The summed E-state index contributed by atoms with van der Waals surface area (Å²) in [7, 11) is 6.48. The highest BCUT2D eigenvalue weighted by atomic mass is 127. The molecular weight excluding hydrogens is 375 g/mol. The van der Waals surface area contributed by atoms with Gasteiger partial charge in [0.2, 0.25) is 0 Å². The lowest BCUT2D eigenvalue weighted by Gasteiger charge is -2.37. The van der Waals surface area contributed by atoms with Crippen molar-refractivity contribution in [2.24, 2.45) is 4.99 Å². The lowest BCUT2D eigenvalue weighted by molar-refractivity contribution is 0.164. The molecule has 0 unspecified atom stereocenters. The highest BCUT2D eigenvalue weighted by molar-refractivity contribution is 14.0. The molecule has 5 heteroatoms. The van der Waals surface area contributed by atoms with Crippen molar-refractivity contribution in [3.63, 3.8) is 0 Å². The molecule has 1 aromatic carbocycles. The minimum absolute atomic E-state index is 0. The summed E-state index contributed by atoms with van der Waals surface area (Å²) in [4.78, 5) is 9.10. The first-order valence-corrected chi connectivity index (χ1v) is 7.34. The van der Waals surface area contributed by atoms with E-state index in [0.29, 0.717) is 0 Å². The molecule has 1 heterocycles. The van der Waals surface area contributed by atoms with E-state index in [2.05, 4.69) is 65.5 Å². The Kier molecular flexibility index (Phi) is 5.14. The lowest BCUT2D eigenvalue weighted by Crippen LogP contribution is -2.54. The van der Waals surface area contributed by atoms with Gasteiger partial charge in [-0.2, -0.15) is 0 Å². The number of hydrogen-bond acceptors (Lipinski definition) is 4. The molecule has 1 aliphatic heterocycles. The Morgan fingerprint density at radius 1 is 1.24 bits per heavy atom. The number of fused-ring (bicyclic) bond motifs is 1. The van der Waals surface area contributed by atoms with Crippen LogP contribution in [0.1, 0.15) is 11.1 Å². The Morgan fingerprint density at radius 2 is 1.86 bits per heavy atom. The Hall–Kier alpha value is -0.820. The fraction of sp³-hybridized carbons (Fsp3) is 0.562. The van der Waals surface area contributed by atoms with Crippen molar-refractivity contribution in [1.29, 1.82) is 0 Å². The second-order valence-corrected chi connectivity index (χ2v) is 6.22. The van der Waals surface area contributed by atoms with E-state index in [0.717, 1.165) is 38.4 Å². The van der Waals surface area contributed by atoms with Crippen molar-refractivity contribution in [2.45, 2.75) is 18.4 Å². The zero-order valence-corrected chi connectivity index (χ0v) is 15.4. The summed E-state index contributed by atoms with van der Waals surface area (Å²) in [6, 6.07) is 8.82. The van der Waals surface area contributed by atoms with Gasteiger partial charge in [0.15, 0.2) is 5.96 Å². The largest absolute Gasteiger partial charge is 0.354 e. The first-order valence-electron chi connectivity index (χ1n) is 7.34. The third kappa shape index (κ3) is 3.18. The molecule has 0 saturated heterocycles. The van der Waals surface area contributed by atoms with Crippen molar-refractivity contribution in [2.75, 3.05) is 40.8 Å². The molecule has 0 atom stereocenters. The molecule has 116 valence electrons. The molecule has 0 aromatic heterocycles. The third-order valence-corrected chi connectivity index (χ3v) is 4.74. The third-order valence-electron chi connectivity index (χ3n) is 4.74. The number of benzene rings is 1.